The highest BCUT2D eigenvalue weighted by Gasteiger charge is 2.20. The Bertz CT molecular complexity index is 388. The summed E-state index contributed by atoms with van der Waals surface area (Å²) in [4.78, 5) is 0. The summed E-state index contributed by atoms with van der Waals surface area (Å²) in [6.07, 6.45) is 9.68. The van der Waals surface area contributed by atoms with E-state index in [0.717, 1.165) is 29.1 Å². The Labute approximate surface area is 123 Å². The minimum absolute atomic E-state index is 0.0642. The Morgan fingerprint density at radius 1 is 1.53 bits per heavy atom. The molecule has 1 saturated carbocycles. The molecule has 1 atom stereocenters. The largest absolute Gasteiger partial charge is 0.383 e. The molecule has 0 aromatic carbocycles. The minimum Gasteiger partial charge on any atom is -0.383 e. The third kappa shape index (κ3) is 4.04. The predicted octanol–water partition coefficient (Wildman–Crippen LogP) is 3.26. The molecule has 0 bridgehead atoms. The first kappa shape index (κ1) is 15.0. The SMILES string of the molecule is COCCn1ncc(Br)c1C(N)CCC1CCCC1. The monoisotopic (exact) mass is 329 g/mol. The van der Waals surface area contributed by atoms with Gasteiger partial charge in [0.05, 0.1) is 29.5 Å². The van der Waals surface area contributed by atoms with Gasteiger partial charge in [-0.1, -0.05) is 25.7 Å². The van der Waals surface area contributed by atoms with Crippen molar-refractivity contribution >= 4 is 15.9 Å². The lowest BCUT2D eigenvalue weighted by Gasteiger charge is -2.17. The maximum atomic E-state index is 6.36. The Hall–Kier alpha value is -0.390. The zero-order valence-electron chi connectivity index (χ0n) is 11.6. The molecule has 19 heavy (non-hydrogen) atoms. The van der Waals surface area contributed by atoms with Gasteiger partial charge < -0.3 is 10.5 Å². The summed E-state index contributed by atoms with van der Waals surface area (Å²) in [6.45, 7) is 1.42. The lowest BCUT2D eigenvalue weighted by atomic mass is 9.97. The third-order valence-electron chi connectivity index (χ3n) is 4.05. The molecule has 108 valence electrons. The van der Waals surface area contributed by atoms with Gasteiger partial charge in [-0.05, 0) is 34.7 Å². The van der Waals surface area contributed by atoms with Crippen LogP contribution in [0.4, 0.5) is 0 Å². The number of hydrogen-bond donors (Lipinski definition) is 1. The van der Waals surface area contributed by atoms with E-state index in [1.807, 2.05) is 10.9 Å². The summed E-state index contributed by atoms with van der Waals surface area (Å²) >= 11 is 3.56. The molecule has 1 unspecified atom stereocenters. The van der Waals surface area contributed by atoms with E-state index in [9.17, 15) is 0 Å². The molecule has 5 heteroatoms. The predicted molar refractivity (Wildman–Crippen MR) is 79.9 cm³/mol. The molecular weight excluding hydrogens is 306 g/mol. The van der Waals surface area contributed by atoms with Crippen LogP contribution in [0.2, 0.25) is 0 Å². The number of nitrogens with two attached hydrogens (primary N) is 1. The third-order valence-corrected chi connectivity index (χ3v) is 4.66. The van der Waals surface area contributed by atoms with Crippen LogP contribution in [0.3, 0.4) is 0 Å². The van der Waals surface area contributed by atoms with E-state index < -0.39 is 0 Å². The molecule has 0 saturated heterocycles. The van der Waals surface area contributed by atoms with Crippen LogP contribution in [0.15, 0.2) is 10.7 Å². The van der Waals surface area contributed by atoms with Gasteiger partial charge in [0.15, 0.2) is 0 Å². The molecule has 0 amide bonds. The Morgan fingerprint density at radius 3 is 2.95 bits per heavy atom. The molecule has 0 spiro atoms. The highest BCUT2D eigenvalue weighted by atomic mass is 79.9. The average molecular weight is 330 g/mol. The highest BCUT2D eigenvalue weighted by Crippen LogP contribution is 2.32. The van der Waals surface area contributed by atoms with Crippen LogP contribution in [0.5, 0.6) is 0 Å². The van der Waals surface area contributed by atoms with Crippen LogP contribution in [0.1, 0.15) is 50.3 Å². The Kier molecular flexibility index (Phi) is 5.85. The average Bonchev–Trinajstić information content (AvgIpc) is 3.03. The van der Waals surface area contributed by atoms with Crippen molar-refractivity contribution in [3.8, 4) is 0 Å². The van der Waals surface area contributed by atoms with Gasteiger partial charge in [-0.15, -0.1) is 0 Å². The lowest BCUT2D eigenvalue weighted by Crippen LogP contribution is -2.19. The van der Waals surface area contributed by atoms with E-state index in [1.54, 1.807) is 7.11 Å². The number of halogens is 1. The second kappa shape index (κ2) is 7.41. The molecule has 1 aliphatic rings. The van der Waals surface area contributed by atoms with E-state index in [0.29, 0.717) is 6.61 Å². The fourth-order valence-corrected chi connectivity index (χ4v) is 3.54. The van der Waals surface area contributed by atoms with Crippen LogP contribution in [0.25, 0.3) is 0 Å². The first-order chi connectivity index (χ1) is 9.22. The van der Waals surface area contributed by atoms with E-state index >= 15 is 0 Å². The smallest absolute Gasteiger partial charge is 0.0694 e. The molecule has 1 aliphatic carbocycles. The number of hydrogen-bond acceptors (Lipinski definition) is 3. The summed E-state index contributed by atoms with van der Waals surface area (Å²) in [6, 6.07) is 0.0642. The van der Waals surface area contributed by atoms with Gasteiger partial charge in [0.25, 0.3) is 0 Å². The summed E-state index contributed by atoms with van der Waals surface area (Å²) in [5, 5.41) is 4.36. The summed E-state index contributed by atoms with van der Waals surface area (Å²) < 4.78 is 8.10. The molecule has 1 aromatic heterocycles. The second-order valence-electron chi connectivity index (χ2n) is 5.43. The van der Waals surface area contributed by atoms with Gasteiger partial charge in [-0.3, -0.25) is 4.68 Å². The summed E-state index contributed by atoms with van der Waals surface area (Å²) in [5.74, 6) is 0.889. The number of nitrogens with zero attached hydrogens (tertiary/aromatic N) is 2. The van der Waals surface area contributed by atoms with Gasteiger partial charge in [0, 0.05) is 13.2 Å². The Morgan fingerprint density at radius 2 is 2.26 bits per heavy atom. The number of methoxy groups -OCH3 is 1. The van der Waals surface area contributed by atoms with Gasteiger partial charge in [0.1, 0.15) is 0 Å². The molecule has 4 nitrogen and oxygen atoms in total. The molecule has 0 aliphatic heterocycles. The summed E-state index contributed by atoms with van der Waals surface area (Å²) in [5.41, 5.74) is 7.47. The lowest BCUT2D eigenvalue weighted by molar-refractivity contribution is 0.181. The Balaban J connectivity index is 1.92. The second-order valence-corrected chi connectivity index (χ2v) is 6.28. The molecule has 1 fully saturated rings. The number of rotatable bonds is 7. The maximum Gasteiger partial charge on any atom is 0.0694 e. The maximum absolute atomic E-state index is 6.36. The van der Waals surface area contributed by atoms with Crippen molar-refractivity contribution in [3.63, 3.8) is 0 Å². The molecule has 2 N–H and O–H groups in total. The fraction of sp³-hybridized carbons (Fsp3) is 0.786. The molecule has 1 aromatic rings. The van der Waals surface area contributed by atoms with Crippen LogP contribution in [0, 0.1) is 5.92 Å². The standard InChI is InChI=1S/C14H24BrN3O/c1-19-9-8-18-14(12(15)10-17-18)13(16)7-6-11-4-2-3-5-11/h10-11,13H,2-9,16H2,1H3. The van der Waals surface area contributed by atoms with Crippen LogP contribution in [-0.2, 0) is 11.3 Å². The molecule has 1 heterocycles. The van der Waals surface area contributed by atoms with Crippen molar-refractivity contribution in [3.05, 3.63) is 16.4 Å². The van der Waals surface area contributed by atoms with Crippen molar-refractivity contribution in [2.45, 2.75) is 51.1 Å². The van der Waals surface area contributed by atoms with Crippen molar-refractivity contribution in [2.24, 2.45) is 11.7 Å². The van der Waals surface area contributed by atoms with Crippen molar-refractivity contribution < 1.29 is 4.74 Å². The first-order valence-corrected chi connectivity index (χ1v) is 7.97. The van der Waals surface area contributed by atoms with Crippen LogP contribution < -0.4 is 5.73 Å². The van der Waals surface area contributed by atoms with E-state index in [-0.39, 0.29) is 6.04 Å². The molecule has 0 radical (unpaired) electrons. The summed E-state index contributed by atoms with van der Waals surface area (Å²) in [7, 11) is 1.71. The van der Waals surface area contributed by atoms with E-state index in [4.69, 9.17) is 10.5 Å². The van der Waals surface area contributed by atoms with Crippen molar-refractivity contribution in [1.82, 2.24) is 9.78 Å². The topological polar surface area (TPSA) is 53.1 Å². The van der Waals surface area contributed by atoms with E-state index in [2.05, 4.69) is 21.0 Å². The normalized spacial score (nSPS) is 18.1. The minimum atomic E-state index is 0.0642. The van der Waals surface area contributed by atoms with Gasteiger partial charge in [-0.2, -0.15) is 5.10 Å². The highest BCUT2D eigenvalue weighted by molar-refractivity contribution is 9.10. The molecule has 2 rings (SSSR count). The van der Waals surface area contributed by atoms with Crippen molar-refractivity contribution in [2.75, 3.05) is 13.7 Å². The zero-order chi connectivity index (χ0) is 13.7. The van der Waals surface area contributed by atoms with Crippen LogP contribution >= 0.6 is 15.9 Å². The number of ether oxygens (including phenoxy) is 1. The van der Waals surface area contributed by atoms with E-state index in [1.165, 1.54) is 32.1 Å². The number of aromatic nitrogens is 2. The van der Waals surface area contributed by atoms with Crippen molar-refractivity contribution in [1.29, 1.82) is 0 Å². The fourth-order valence-electron chi connectivity index (χ4n) is 2.95. The van der Waals surface area contributed by atoms with Gasteiger partial charge >= 0.3 is 0 Å². The van der Waals surface area contributed by atoms with Crippen LogP contribution in [-0.4, -0.2) is 23.5 Å². The molecular formula is C14H24BrN3O. The zero-order valence-corrected chi connectivity index (χ0v) is 13.2. The first-order valence-electron chi connectivity index (χ1n) is 7.18. The van der Waals surface area contributed by atoms with Gasteiger partial charge in [0.2, 0.25) is 0 Å². The van der Waals surface area contributed by atoms with Gasteiger partial charge in [-0.25, -0.2) is 0 Å². The quantitative estimate of drug-likeness (QED) is 0.835.